The number of fused-ring (bicyclic) bond motifs is 1. The molecule has 0 spiro atoms. The van der Waals surface area contributed by atoms with Crippen molar-refractivity contribution in [2.45, 2.75) is 20.0 Å². The van der Waals surface area contributed by atoms with Gasteiger partial charge in [0.25, 0.3) is 5.91 Å². The number of thiazole rings is 1. The fourth-order valence-corrected chi connectivity index (χ4v) is 4.78. The lowest BCUT2D eigenvalue weighted by Crippen LogP contribution is -2.30. The highest BCUT2D eigenvalue weighted by molar-refractivity contribution is 7.21. The summed E-state index contributed by atoms with van der Waals surface area (Å²) in [6.45, 7) is 3.83. The number of carbonyl (C=O) groups is 1. The normalized spacial score (nSPS) is 11.8. The van der Waals surface area contributed by atoms with Crippen LogP contribution in [0.15, 0.2) is 97.1 Å². The summed E-state index contributed by atoms with van der Waals surface area (Å²) in [5.74, 6) is 0.457. The van der Waals surface area contributed by atoms with E-state index in [4.69, 9.17) is 9.72 Å². The van der Waals surface area contributed by atoms with E-state index in [9.17, 15) is 4.79 Å². The van der Waals surface area contributed by atoms with E-state index in [0.717, 1.165) is 32.9 Å². The van der Waals surface area contributed by atoms with Gasteiger partial charge in [-0.15, -0.1) is 11.3 Å². The third-order valence-electron chi connectivity index (χ3n) is 5.59. The van der Waals surface area contributed by atoms with Gasteiger partial charge in [0.15, 0.2) is 6.10 Å². The number of anilines is 1. The van der Waals surface area contributed by atoms with Gasteiger partial charge in [-0.3, -0.25) is 4.79 Å². The second-order valence-electron chi connectivity index (χ2n) is 8.21. The quantitative estimate of drug-likeness (QED) is 0.286. The Morgan fingerprint density at radius 2 is 1.53 bits per heavy atom. The average Bonchev–Trinajstić information content (AvgIpc) is 3.28. The summed E-state index contributed by atoms with van der Waals surface area (Å²) in [7, 11) is 0. The van der Waals surface area contributed by atoms with Gasteiger partial charge in [-0.2, -0.15) is 0 Å². The topological polar surface area (TPSA) is 51.2 Å². The van der Waals surface area contributed by atoms with Crippen LogP contribution in [0.3, 0.4) is 0 Å². The van der Waals surface area contributed by atoms with Crippen LogP contribution < -0.4 is 10.1 Å². The van der Waals surface area contributed by atoms with E-state index < -0.39 is 6.10 Å². The highest BCUT2D eigenvalue weighted by Crippen LogP contribution is 2.31. The first-order valence-electron chi connectivity index (χ1n) is 11.2. The predicted molar refractivity (Wildman–Crippen MR) is 140 cm³/mol. The third kappa shape index (κ3) is 4.85. The molecule has 0 radical (unpaired) electrons. The van der Waals surface area contributed by atoms with Crippen LogP contribution in [0.4, 0.5) is 5.69 Å². The molecule has 1 N–H and O–H groups in total. The van der Waals surface area contributed by atoms with Gasteiger partial charge in [0, 0.05) is 11.3 Å². The molecule has 5 aromatic rings. The molecule has 5 rings (SSSR count). The summed E-state index contributed by atoms with van der Waals surface area (Å²) in [5.41, 5.74) is 6.23. The van der Waals surface area contributed by atoms with Crippen LogP contribution in [0.5, 0.6) is 5.75 Å². The van der Waals surface area contributed by atoms with Crippen molar-refractivity contribution in [3.63, 3.8) is 0 Å². The van der Waals surface area contributed by atoms with Gasteiger partial charge in [0.05, 0.1) is 10.2 Å². The van der Waals surface area contributed by atoms with E-state index in [1.165, 1.54) is 10.3 Å². The van der Waals surface area contributed by atoms with Crippen LogP contribution in [0.25, 0.3) is 31.9 Å². The van der Waals surface area contributed by atoms with Crippen molar-refractivity contribution in [1.82, 2.24) is 4.98 Å². The van der Waals surface area contributed by atoms with Crippen LogP contribution >= 0.6 is 11.3 Å². The molecular weight excluding hydrogens is 440 g/mol. The number of benzene rings is 4. The number of aryl methyl sites for hydroxylation is 1. The zero-order valence-electron chi connectivity index (χ0n) is 19.0. The maximum Gasteiger partial charge on any atom is 0.265 e. The molecule has 4 aromatic carbocycles. The fraction of sp³-hybridized carbons (Fsp3) is 0.103. The second-order valence-corrected chi connectivity index (χ2v) is 9.24. The van der Waals surface area contributed by atoms with E-state index in [-0.39, 0.29) is 5.91 Å². The molecule has 1 aromatic heterocycles. The SMILES string of the molecule is Cc1ccc2nc(-c3ccc(NC(=O)C(C)Oc4ccc(-c5ccccc5)cc4)cc3)sc2c1. The molecule has 34 heavy (non-hydrogen) atoms. The van der Waals surface area contributed by atoms with Crippen LogP contribution in [0, 0.1) is 6.92 Å². The predicted octanol–water partition coefficient (Wildman–Crippen LogP) is 7.34. The van der Waals surface area contributed by atoms with Gasteiger partial charge >= 0.3 is 0 Å². The van der Waals surface area contributed by atoms with E-state index in [1.54, 1.807) is 18.3 Å². The summed E-state index contributed by atoms with van der Waals surface area (Å²) in [4.78, 5) is 17.4. The molecular formula is C29H24N2O2S. The number of amides is 1. The third-order valence-corrected chi connectivity index (χ3v) is 6.65. The molecule has 1 atom stereocenters. The first kappa shape index (κ1) is 21.9. The average molecular weight is 465 g/mol. The van der Waals surface area contributed by atoms with Crippen LogP contribution in [-0.4, -0.2) is 17.0 Å². The molecule has 1 amide bonds. The Kier molecular flexibility index (Phi) is 6.11. The minimum absolute atomic E-state index is 0.199. The molecule has 0 aliphatic rings. The number of aromatic nitrogens is 1. The highest BCUT2D eigenvalue weighted by Gasteiger charge is 2.15. The standard InChI is InChI=1S/C29H24N2O2S/c1-19-8-17-26-27(18-19)34-29(31-26)23-9-13-24(14-10-23)30-28(32)20(2)33-25-15-11-22(12-16-25)21-6-4-3-5-7-21/h3-18,20H,1-2H3,(H,30,32). The number of hydrogen-bond donors (Lipinski definition) is 1. The smallest absolute Gasteiger partial charge is 0.265 e. The molecule has 0 saturated carbocycles. The van der Waals surface area contributed by atoms with Crippen molar-refractivity contribution in [3.8, 4) is 27.4 Å². The Labute approximate surface area is 202 Å². The van der Waals surface area contributed by atoms with Crippen molar-refractivity contribution in [3.05, 3.63) is 103 Å². The molecule has 0 saturated heterocycles. The van der Waals surface area contributed by atoms with Crippen LogP contribution in [0.2, 0.25) is 0 Å². The molecule has 0 aliphatic carbocycles. The van der Waals surface area contributed by atoms with Crippen molar-refractivity contribution in [2.24, 2.45) is 0 Å². The maximum absolute atomic E-state index is 12.7. The molecule has 1 unspecified atom stereocenters. The number of ether oxygens (including phenoxy) is 1. The zero-order valence-corrected chi connectivity index (χ0v) is 19.8. The van der Waals surface area contributed by atoms with Gasteiger partial charge in [0.1, 0.15) is 10.8 Å². The molecule has 0 fully saturated rings. The summed E-state index contributed by atoms with van der Waals surface area (Å²) < 4.78 is 7.03. The van der Waals surface area contributed by atoms with Gasteiger partial charge in [-0.05, 0) is 79.1 Å². The fourth-order valence-electron chi connectivity index (χ4n) is 3.71. The number of carbonyl (C=O) groups excluding carboxylic acids is 1. The Morgan fingerprint density at radius 3 is 2.26 bits per heavy atom. The van der Waals surface area contributed by atoms with Gasteiger partial charge in [0.2, 0.25) is 0 Å². The Balaban J connectivity index is 1.21. The summed E-state index contributed by atoms with van der Waals surface area (Å²) in [6, 6.07) is 32.0. The Bertz CT molecular complexity index is 1430. The minimum atomic E-state index is -0.630. The first-order chi connectivity index (χ1) is 16.5. The molecule has 4 nitrogen and oxygen atoms in total. The Morgan fingerprint density at radius 1 is 0.853 bits per heavy atom. The number of rotatable bonds is 6. The molecule has 0 bridgehead atoms. The van der Waals surface area contributed by atoms with Crippen LogP contribution in [-0.2, 0) is 4.79 Å². The van der Waals surface area contributed by atoms with Crippen molar-refractivity contribution >= 4 is 33.1 Å². The van der Waals surface area contributed by atoms with Crippen molar-refractivity contribution in [2.75, 3.05) is 5.32 Å². The van der Waals surface area contributed by atoms with Gasteiger partial charge < -0.3 is 10.1 Å². The second kappa shape index (κ2) is 9.49. The minimum Gasteiger partial charge on any atom is -0.481 e. The number of nitrogens with one attached hydrogen (secondary N) is 1. The largest absolute Gasteiger partial charge is 0.481 e. The first-order valence-corrected chi connectivity index (χ1v) is 12.0. The molecule has 168 valence electrons. The number of hydrogen-bond acceptors (Lipinski definition) is 4. The van der Waals surface area contributed by atoms with Crippen molar-refractivity contribution < 1.29 is 9.53 Å². The number of nitrogens with zero attached hydrogens (tertiary/aromatic N) is 1. The van der Waals surface area contributed by atoms with Crippen molar-refractivity contribution in [1.29, 1.82) is 0 Å². The van der Waals surface area contributed by atoms with Gasteiger partial charge in [-0.1, -0.05) is 48.5 Å². The Hall–Kier alpha value is -3.96. The van der Waals surface area contributed by atoms with Gasteiger partial charge in [-0.25, -0.2) is 4.98 Å². The molecule has 0 aliphatic heterocycles. The van der Waals surface area contributed by atoms with Crippen LogP contribution in [0.1, 0.15) is 12.5 Å². The van der Waals surface area contributed by atoms with E-state index in [2.05, 4.69) is 42.6 Å². The van der Waals surface area contributed by atoms with E-state index in [1.807, 2.05) is 66.7 Å². The summed E-state index contributed by atoms with van der Waals surface area (Å²) >= 11 is 1.67. The lowest BCUT2D eigenvalue weighted by molar-refractivity contribution is -0.122. The lowest BCUT2D eigenvalue weighted by Gasteiger charge is -2.15. The van der Waals surface area contributed by atoms with E-state index in [0.29, 0.717) is 5.75 Å². The van der Waals surface area contributed by atoms with E-state index >= 15 is 0 Å². The molecule has 1 heterocycles. The molecule has 5 heteroatoms. The monoisotopic (exact) mass is 464 g/mol. The summed E-state index contributed by atoms with van der Waals surface area (Å²) in [6.07, 6.45) is -0.630. The highest BCUT2D eigenvalue weighted by atomic mass is 32.1. The zero-order chi connectivity index (χ0) is 23.5. The lowest BCUT2D eigenvalue weighted by atomic mass is 10.1. The maximum atomic E-state index is 12.7. The summed E-state index contributed by atoms with van der Waals surface area (Å²) in [5, 5.41) is 3.90.